The van der Waals surface area contributed by atoms with Crippen LogP contribution < -0.4 is 5.32 Å². The van der Waals surface area contributed by atoms with Gasteiger partial charge in [0.05, 0.1) is 11.3 Å². The van der Waals surface area contributed by atoms with Crippen LogP contribution in [0.1, 0.15) is 27.4 Å². The van der Waals surface area contributed by atoms with Crippen molar-refractivity contribution >= 4 is 33.0 Å². The number of carbonyl (C=O) groups is 1. The normalized spacial score (nSPS) is 11.5. The molecular weight excluding hydrogens is 326 g/mol. The van der Waals surface area contributed by atoms with Gasteiger partial charge in [-0.1, -0.05) is 17.7 Å². The number of benzene rings is 1. The van der Waals surface area contributed by atoms with E-state index in [1.165, 1.54) is 6.07 Å². The van der Waals surface area contributed by atoms with Gasteiger partial charge in [-0.25, -0.2) is 8.42 Å². The molecule has 0 aliphatic heterocycles. The van der Waals surface area contributed by atoms with Crippen molar-refractivity contribution in [1.29, 1.82) is 0 Å². The number of amides is 1. The second kappa shape index (κ2) is 6.14. The van der Waals surface area contributed by atoms with Crippen molar-refractivity contribution in [3.8, 4) is 0 Å². The molecule has 1 heterocycles. The van der Waals surface area contributed by atoms with Crippen molar-refractivity contribution in [3.63, 3.8) is 0 Å². The SMILES string of the molecule is Cc1cc(C(=O)Nc2cc(Cl)ccc2CS(C)(=O)=O)c(C)o1. The molecular formula is C15H16ClNO4S. The topological polar surface area (TPSA) is 76.4 Å². The molecule has 0 unspecified atom stereocenters. The van der Waals surface area contributed by atoms with Crippen LogP contribution >= 0.6 is 11.6 Å². The number of rotatable bonds is 4. The van der Waals surface area contributed by atoms with Crippen molar-refractivity contribution < 1.29 is 17.6 Å². The number of anilines is 1. The number of carbonyl (C=O) groups excluding carboxylic acids is 1. The summed E-state index contributed by atoms with van der Waals surface area (Å²) >= 11 is 5.93. The highest BCUT2D eigenvalue weighted by molar-refractivity contribution is 7.89. The zero-order valence-corrected chi connectivity index (χ0v) is 14.0. The van der Waals surface area contributed by atoms with Gasteiger partial charge in [-0.2, -0.15) is 0 Å². The average molecular weight is 342 g/mol. The first-order valence-electron chi connectivity index (χ1n) is 6.50. The maximum absolute atomic E-state index is 12.3. The number of halogens is 1. The highest BCUT2D eigenvalue weighted by Crippen LogP contribution is 2.24. The second-order valence-electron chi connectivity index (χ2n) is 5.15. The first-order valence-corrected chi connectivity index (χ1v) is 8.94. The minimum absolute atomic E-state index is 0.177. The monoisotopic (exact) mass is 341 g/mol. The van der Waals surface area contributed by atoms with Gasteiger partial charge < -0.3 is 9.73 Å². The maximum Gasteiger partial charge on any atom is 0.259 e. The van der Waals surface area contributed by atoms with Gasteiger partial charge in [0.2, 0.25) is 0 Å². The third-order valence-corrected chi connectivity index (χ3v) is 4.09. The molecule has 0 aliphatic carbocycles. The molecule has 22 heavy (non-hydrogen) atoms. The predicted molar refractivity (Wildman–Crippen MR) is 86.1 cm³/mol. The molecule has 0 radical (unpaired) electrons. The van der Waals surface area contributed by atoms with Crippen LogP contribution in [0.4, 0.5) is 5.69 Å². The summed E-state index contributed by atoms with van der Waals surface area (Å²) < 4.78 is 28.3. The molecule has 1 aromatic heterocycles. The third-order valence-electron chi connectivity index (χ3n) is 3.02. The fourth-order valence-electron chi connectivity index (χ4n) is 2.12. The number of hydrogen-bond donors (Lipinski definition) is 1. The molecule has 118 valence electrons. The molecule has 0 saturated carbocycles. The number of hydrogen-bond acceptors (Lipinski definition) is 4. The fourth-order valence-corrected chi connectivity index (χ4v) is 3.11. The minimum atomic E-state index is -3.23. The standard InChI is InChI=1S/C15H16ClNO4S/c1-9-6-13(10(2)21-9)15(18)17-14-7-12(16)5-4-11(14)8-22(3,19)20/h4-7H,8H2,1-3H3,(H,17,18). The van der Waals surface area contributed by atoms with Gasteiger partial charge in [-0.3, -0.25) is 4.79 Å². The minimum Gasteiger partial charge on any atom is -0.466 e. The molecule has 0 fully saturated rings. The molecule has 1 aromatic carbocycles. The van der Waals surface area contributed by atoms with Crippen LogP contribution in [-0.2, 0) is 15.6 Å². The lowest BCUT2D eigenvalue weighted by molar-refractivity contribution is 0.102. The van der Waals surface area contributed by atoms with E-state index in [1.54, 1.807) is 32.0 Å². The van der Waals surface area contributed by atoms with Crippen LogP contribution in [0.2, 0.25) is 5.02 Å². The third kappa shape index (κ3) is 4.11. The second-order valence-corrected chi connectivity index (χ2v) is 7.73. The molecule has 0 aliphatic rings. The van der Waals surface area contributed by atoms with Crippen molar-refractivity contribution in [1.82, 2.24) is 0 Å². The number of nitrogens with one attached hydrogen (secondary N) is 1. The van der Waals surface area contributed by atoms with E-state index in [0.717, 1.165) is 6.26 Å². The Morgan fingerprint density at radius 3 is 2.50 bits per heavy atom. The van der Waals surface area contributed by atoms with Crippen LogP contribution in [-0.4, -0.2) is 20.6 Å². The zero-order valence-electron chi connectivity index (χ0n) is 12.4. The summed E-state index contributed by atoms with van der Waals surface area (Å²) in [5.41, 5.74) is 1.27. The van der Waals surface area contributed by atoms with E-state index in [4.69, 9.17) is 16.0 Å². The van der Waals surface area contributed by atoms with Crippen molar-refractivity contribution in [2.75, 3.05) is 11.6 Å². The average Bonchev–Trinajstić information content (AvgIpc) is 2.70. The Balaban J connectivity index is 2.34. The Labute approximate surface area is 134 Å². The number of furan rings is 1. The Morgan fingerprint density at radius 2 is 1.95 bits per heavy atom. The molecule has 1 N–H and O–H groups in total. The Kier molecular flexibility index (Phi) is 4.63. The highest BCUT2D eigenvalue weighted by Gasteiger charge is 2.17. The maximum atomic E-state index is 12.3. The van der Waals surface area contributed by atoms with Gasteiger partial charge >= 0.3 is 0 Å². The summed E-state index contributed by atoms with van der Waals surface area (Å²) in [7, 11) is -3.23. The molecule has 0 bridgehead atoms. The first kappa shape index (κ1) is 16.6. The van der Waals surface area contributed by atoms with Crippen molar-refractivity contribution in [2.45, 2.75) is 19.6 Å². The lowest BCUT2D eigenvalue weighted by Crippen LogP contribution is -2.14. The Hall–Kier alpha value is -1.79. The molecule has 0 atom stereocenters. The smallest absolute Gasteiger partial charge is 0.259 e. The molecule has 2 aromatic rings. The highest BCUT2D eigenvalue weighted by atomic mass is 35.5. The molecule has 0 saturated heterocycles. The summed E-state index contributed by atoms with van der Waals surface area (Å²) in [5.74, 6) is 0.585. The van der Waals surface area contributed by atoms with Gasteiger partial charge in [0, 0.05) is 17.0 Å². The number of aryl methyl sites for hydroxylation is 2. The van der Waals surface area contributed by atoms with Crippen LogP contribution in [0.15, 0.2) is 28.7 Å². The van der Waals surface area contributed by atoms with Gasteiger partial charge in [0.1, 0.15) is 11.5 Å². The zero-order chi connectivity index (χ0) is 16.5. The van der Waals surface area contributed by atoms with E-state index in [9.17, 15) is 13.2 Å². The number of sulfone groups is 1. The van der Waals surface area contributed by atoms with Gasteiger partial charge in [0.15, 0.2) is 9.84 Å². The van der Waals surface area contributed by atoms with Gasteiger partial charge in [0.25, 0.3) is 5.91 Å². The van der Waals surface area contributed by atoms with Crippen LogP contribution in [0.3, 0.4) is 0 Å². The predicted octanol–water partition coefficient (Wildman–Crippen LogP) is 3.35. The fraction of sp³-hybridized carbons (Fsp3) is 0.267. The van der Waals surface area contributed by atoms with Crippen LogP contribution in [0, 0.1) is 13.8 Å². The van der Waals surface area contributed by atoms with Gasteiger partial charge in [-0.05, 0) is 37.6 Å². The summed E-state index contributed by atoms with van der Waals surface area (Å²) in [6, 6.07) is 6.34. The van der Waals surface area contributed by atoms with Crippen LogP contribution in [0.25, 0.3) is 0 Å². The summed E-state index contributed by atoms with van der Waals surface area (Å²) in [6.45, 7) is 3.44. The summed E-state index contributed by atoms with van der Waals surface area (Å²) in [5, 5.41) is 3.11. The van der Waals surface area contributed by atoms with E-state index in [0.29, 0.717) is 33.4 Å². The van der Waals surface area contributed by atoms with Crippen molar-refractivity contribution in [3.05, 3.63) is 51.9 Å². The Bertz CT molecular complexity index is 824. The first-order chi connectivity index (χ1) is 10.2. The van der Waals surface area contributed by atoms with E-state index in [1.807, 2.05) is 0 Å². The van der Waals surface area contributed by atoms with Crippen LogP contribution in [0.5, 0.6) is 0 Å². The van der Waals surface area contributed by atoms with Gasteiger partial charge in [-0.15, -0.1) is 0 Å². The van der Waals surface area contributed by atoms with Crippen molar-refractivity contribution in [2.24, 2.45) is 0 Å². The van der Waals surface area contributed by atoms with E-state index < -0.39 is 9.84 Å². The molecule has 7 heteroatoms. The van der Waals surface area contributed by atoms with E-state index in [-0.39, 0.29) is 11.7 Å². The molecule has 0 spiro atoms. The lowest BCUT2D eigenvalue weighted by Gasteiger charge is -2.11. The Morgan fingerprint density at radius 1 is 1.27 bits per heavy atom. The van der Waals surface area contributed by atoms with E-state index in [2.05, 4.69) is 5.32 Å². The summed E-state index contributed by atoms with van der Waals surface area (Å²) in [4.78, 5) is 12.3. The lowest BCUT2D eigenvalue weighted by atomic mass is 10.1. The summed E-state index contributed by atoms with van der Waals surface area (Å²) in [6.07, 6.45) is 1.14. The molecule has 5 nitrogen and oxygen atoms in total. The quantitative estimate of drug-likeness (QED) is 0.925. The molecule has 1 amide bonds. The molecule has 2 rings (SSSR count). The van der Waals surface area contributed by atoms with E-state index >= 15 is 0 Å². The largest absolute Gasteiger partial charge is 0.466 e.